The first-order chi connectivity index (χ1) is 10.4. The minimum Gasteiger partial charge on any atom is -0.329 e. The molecular weight excluding hydrogens is 318 g/mol. The van der Waals surface area contributed by atoms with E-state index < -0.39 is 17.6 Å². The fourth-order valence-corrected chi connectivity index (χ4v) is 1.78. The van der Waals surface area contributed by atoms with Gasteiger partial charge in [-0.25, -0.2) is 4.39 Å². The van der Waals surface area contributed by atoms with E-state index in [2.05, 4.69) is 16.2 Å². The van der Waals surface area contributed by atoms with Crippen molar-refractivity contribution >= 4 is 28.7 Å². The lowest BCUT2D eigenvalue weighted by Crippen LogP contribution is -2.33. The van der Waals surface area contributed by atoms with E-state index in [1.807, 2.05) is 0 Å². The van der Waals surface area contributed by atoms with Gasteiger partial charge in [0.1, 0.15) is 5.82 Å². The summed E-state index contributed by atoms with van der Waals surface area (Å²) in [4.78, 5) is 0. The smallest absolute Gasteiger partial charge is 0.329 e. The number of para-hydroxylation sites is 1. The van der Waals surface area contributed by atoms with Crippen molar-refractivity contribution < 1.29 is 17.6 Å². The van der Waals surface area contributed by atoms with Gasteiger partial charge in [0.2, 0.25) is 0 Å². The predicted molar refractivity (Wildman–Crippen MR) is 80.8 cm³/mol. The number of thiocarbonyl (C=S) groups is 1. The molecule has 2 aromatic carbocycles. The molecule has 2 aromatic rings. The third-order valence-corrected chi connectivity index (χ3v) is 2.84. The molecule has 0 aromatic heterocycles. The molecule has 0 saturated carbocycles. The van der Waals surface area contributed by atoms with Gasteiger partial charge in [0.15, 0.2) is 5.11 Å². The van der Waals surface area contributed by atoms with Crippen LogP contribution < -0.4 is 16.2 Å². The molecule has 2 rings (SSSR count). The highest BCUT2D eigenvalue weighted by Crippen LogP contribution is 2.30. The average Bonchev–Trinajstić information content (AvgIpc) is 2.47. The largest absolute Gasteiger partial charge is 0.416 e. The summed E-state index contributed by atoms with van der Waals surface area (Å²) in [6.07, 6.45) is -4.43. The van der Waals surface area contributed by atoms with Crippen molar-refractivity contribution in [2.45, 2.75) is 6.18 Å². The zero-order chi connectivity index (χ0) is 16.2. The molecule has 0 bridgehead atoms. The Bertz CT molecular complexity index is 673. The Morgan fingerprint density at radius 3 is 2.41 bits per heavy atom. The molecule has 0 heterocycles. The number of alkyl halides is 3. The number of rotatable bonds is 3. The molecule has 0 aliphatic heterocycles. The summed E-state index contributed by atoms with van der Waals surface area (Å²) in [6, 6.07) is 10.5. The molecule has 116 valence electrons. The van der Waals surface area contributed by atoms with Crippen LogP contribution in [0.3, 0.4) is 0 Å². The van der Waals surface area contributed by atoms with Crippen molar-refractivity contribution in [3.63, 3.8) is 0 Å². The Kier molecular flexibility index (Phi) is 4.81. The highest BCUT2D eigenvalue weighted by molar-refractivity contribution is 7.80. The van der Waals surface area contributed by atoms with Gasteiger partial charge in [0.05, 0.1) is 16.9 Å². The van der Waals surface area contributed by atoms with Crippen LogP contribution in [0.25, 0.3) is 0 Å². The van der Waals surface area contributed by atoms with Gasteiger partial charge in [-0.3, -0.25) is 10.9 Å². The normalized spacial score (nSPS) is 10.9. The molecule has 3 nitrogen and oxygen atoms in total. The van der Waals surface area contributed by atoms with E-state index in [0.717, 1.165) is 12.1 Å². The van der Waals surface area contributed by atoms with Crippen LogP contribution in [0, 0.1) is 5.82 Å². The summed E-state index contributed by atoms with van der Waals surface area (Å²) >= 11 is 4.93. The number of halogens is 4. The minimum atomic E-state index is -4.43. The zero-order valence-corrected chi connectivity index (χ0v) is 11.9. The second kappa shape index (κ2) is 6.61. The van der Waals surface area contributed by atoms with E-state index in [0.29, 0.717) is 0 Å². The van der Waals surface area contributed by atoms with E-state index in [1.165, 1.54) is 30.3 Å². The summed E-state index contributed by atoms with van der Waals surface area (Å²) in [6.45, 7) is 0. The first-order valence-electron chi connectivity index (χ1n) is 6.11. The number of hydrogen-bond donors (Lipinski definition) is 3. The predicted octanol–water partition coefficient (Wildman–Crippen LogP) is 4.16. The maximum atomic E-state index is 13.4. The van der Waals surface area contributed by atoms with Crippen LogP contribution in [-0.4, -0.2) is 5.11 Å². The molecule has 0 radical (unpaired) electrons. The van der Waals surface area contributed by atoms with Crippen LogP contribution in [0.5, 0.6) is 0 Å². The topological polar surface area (TPSA) is 36.1 Å². The average molecular weight is 329 g/mol. The van der Waals surface area contributed by atoms with Crippen LogP contribution in [-0.2, 0) is 6.18 Å². The molecule has 0 aliphatic carbocycles. The second-order valence-corrected chi connectivity index (χ2v) is 4.67. The van der Waals surface area contributed by atoms with E-state index in [9.17, 15) is 17.6 Å². The van der Waals surface area contributed by atoms with Crippen LogP contribution >= 0.6 is 12.2 Å². The third kappa shape index (κ3) is 4.32. The number of benzene rings is 2. The molecule has 0 unspecified atom stereocenters. The van der Waals surface area contributed by atoms with Gasteiger partial charge in [0, 0.05) is 0 Å². The highest BCUT2D eigenvalue weighted by atomic mass is 32.1. The maximum Gasteiger partial charge on any atom is 0.416 e. The monoisotopic (exact) mass is 329 g/mol. The highest BCUT2D eigenvalue weighted by Gasteiger charge is 2.30. The van der Waals surface area contributed by atoms with Gasteiger partial charge in [0.25, 0.3) is 0 Å². The van der Waals surface area contributed by atoms with Crippen molar-refractivity contribution in [1.82, 2.24) is 5.43 Å². The fourth-order valence-electron chi connectivity index (χ4n) is 1.62. The Balaban J connectivity index is 1.96. The van der Waals surface area contributed by atoms with Gasteiger partial charge in [-0.2, -0.15) is 13.2 Å². The van der Waals surface area contributed by atoms with E-state index in [-0.39, 0.29) is 16.5 Å². The van der Waals surface area contributed by atoms with E-state index in [4.69, 9.17) is 12.2 Å². The number of anilines is 2. The molecule has 0 amide bonds. The fraction of sp³-hybridized carbons (Fsp3) is 0.0714. The summed E-state index contributed by atoms with van der Waals surface area (Å²) < 4.78 is 51.1. The van der Waals surface area contributed by atoms with Crippen molar-refractivity contribution in [2.24, 2.45) is 0 Å². The summed E-state index contributed by atoms with van der Waals surface area (Å²) in [5.41, 5.74) is 4.56. The number of nitrogens with one attached hydrogen (secondary N) is 3. The number of hydrogen-bond acceptors (Lipinski definition) is 2. The molecule has 0 spiro atoms. The molecule has 3 N–H and O–H groups in total. The molecular formula is C14H11F4N3S. The maximum absolute atomic E-state index is 13.4. The first kappa shape index (κ1) is 16.0. The van der Waals surface area contributed by atoms with Gasteiger partial charge in [-0.15, -0.1) is 0 Å². The first-order valence-corrected chi connectivity index (χ1v) is 6.52. The van der Waals surface area contributed by atoms with E-state index >= 15 is 0 Å². The summed E-state index contributed by atoms with van der Waals surface area (Å²) in [5.74, 6) is -0.495. The molecule has 0 aliphatic rings. The molecule has 0 saturated heterocycles. The summed E-state index contributed by atoms with van der Waals surface area (Å²) in [7, 11) is 0. The lowest BCUT2D eigenvalue weighted by atomic mass is 10.2. The van der Waals surface area contributed by atoms with Gasteiger partial charge in [-0.05, 0) is 42.5 Å². The standard InChI is InChI=1S/C14H11F4N3S/c15-11-6-1-2-7-12(11)19-13(22)21-20-10-5-3-4-9(8-10)14(16,17)18/h1-8,20H,(H2,19,21,22). The van der Waals surface area contributed by atoms with Crippen molar-refractivity contribution in [3.05, 3.63) is 59.9 Å². The SMILES string of the molecule is Fc1ccccc1NC(=S)NNc1cccc(C(F)(F)F)c1. The quantitative estimate of drug-likeness (QED) is 0.449. The van der Waals surface area contributed by atoms with Crippen LogP contribution in [0.2, 0.25) is 0 Å². The van der Waals surface area contributed by atoms with Gasteiger partial charge < -0.3 is 5.32 Å². The molecule has 0 fully saturated rings. The minimum absolute atomic E-state index is 0.0162. The Morgan fingerprint density at radius 2 is 1.73 bits per heavy atom. The molecule has 22 heavy (non-hydrogen) atoms. The lowest BCUT2D eigenvalue weighted by molar-refractivity contribution is -0.137. The van der Waals surface area contributed by atoms with Gasteiger partial charge >= 0.3 is 6.18 Å². The van der Waals surface area contributed by atoms with Crippen molar-refractivity contribution in [3.8, 4) is 0 Å². The van der Waals surface area contributed by atoms with Crippen molar-refractivity contribution in [2.75, 3.05) is 10.7 Å². The van der Waals surface area contributed by atoms with Gasteiger partial charge in [-0.1, -0.05) is 18.2 Å². The third-order valence-electron chi connectivity index (χ3n) is 2.63. The summed E-state index contributed by atoms with van der Waals surface area (Å²) in [5, 5.41) is 2.60. The van der Waals surface area contributed by atoms with Crippen LogP contribution in [0.15, 0.2) is 48.5 Å². The lowest BCUT2D eigenvalue weighted by Gasteiger charge is -2.14. The van der Waals surface area contributed by atoms with E-state index in [1.54, 1.807) is 6.07 Å². The number of hydrazine groups is 1. The molecule has 8 heteroatoms. The Morgan fingerprint density at radius 1 is 1.00 bits per heavy atom. The van der Waals surface area contributed by atoms with Crippen molar-refractivity contribution in [1.29, 1.82) is 0 Å². The molecule has 0 atom stereocenters. The van der Waals surface area contributed by atoms with Crippen LogP contribution in [0.4, 0.5) is 28.9 Å². The zero-order valence-electron chi connectivity index (χ0n) is 11.0. The second-order valence-electron chi connectivity index (χ2n) is 4.26. The Labute approximate surface area is 129 Å². The Hall–Kier alpha value is -2.35. The van der Waals surface area contributed by atoms with Crippen LogP contribution in [0.1, 0.15) is 5.56 Å².